The van der Waals surface area contributed by atoms with E-state index in [4.69, 9.17) is 9.84 Å². The second-order valence-corrected chi connectivity index (χ2v) is 5.07. The molecule has 0 saturated heterocycles. The van der Waals surface area contributed by atoms with Crippen LogP contribution in [0.25, 0.3) is 0 Å². The van der Waals surface area contributed by atoms with E-state index >= 15 is 0 Å². The molecule has 2 rings (SSSR count). The van der Waals surface area contributed by atoms with Gasteiger partial charge in [0.15, 0.2) is 0 Å². The number of carboxylic acids is 1. The number of hydrogen-bond donors (Lipinski definition) is 1. The Morgan fingerprint density at radius 1 is 1.38 bits per heavy atom. The largest absolute Gasteiger partial charge is 0.478 e. The summed E-state index contributed by atoms with van der Waals surface area (Å²) in [6.45, 7) is 1.64. The Bertz CT molecular complexity index is 732. The number of non-ortho nitro benzene ring substituents is 1. The third-order valence-electron chi connectivity index (χ3n) is 2.56. The number of aromatic nitrogens is 1. The molecule has 0 spiro atoms. The van der Waals surface area contributed by atoms with Gasteiger partial charge in [0, 0.05) is 22.3 Å². The lowest BCUT2D eigenvalue weighted by atomic mass is 10.2. The fourth-order valence-electron chi connectivity index (χ4n) is 1.61. The maximum Gasteiger partial charge on any atom is 0.337 e. The minimum atomic E-state index is -1.09. The van der Waals surface area contributed by atoms with E-state index in [1.165, 1.54) is 18.2 Å². The van der Waals surface area contributed by atoms with Crippen molar-refractivity contribution in [3.63, 3.8) is 0 Å². The molecule has 0 radical (unpaired) electrons. The van der Waals surface area contributed by atoms with Crippen LogP contribution in [0.1, 0.15) is 15.9 Å². The van der Waals surface area contributed by atoms with Crippen LogP contribution in [-0.2, 0) is 0 Å². The molecule has 0 unspecified atom stereocenters. The van der Waals surface area contributed by atoms with E-state index in [2.05, 4.69) is 20.9 Å². The molecule has 2 aromatic rings. The summed E-state index contributed by atoms with van der Waals surface area (Å²) in [6.07, 6.45) is 1.16. The van der Waals surface area contributed by atoms with Gasteiger partial charge in [-0.05, 0) is 19.1 Å². The van der Waals surface area contributed by atoms with Gasteiger partial charge in [-0.3, -0.25) is 10.1 Å². The second-order valence-electron chi connectivity index (χ2n) is 4.16. The fraction of sp³-hybridized carbons (Fsp3) is 0.0769. The number of aromatic carboxylic acids is 1. The predicted octanol–water partition coefficient (Wildman–Crippen LogP) is 3.55. The number of pyridine rings is 1. The van der Waals surface area contributed by atoms with Crippen molar-refractivity contribution in [2.75, 3.05) is 0 Å². The molecule has 0 bridgehead atoms. The average Bonchev–Trinajstić information content (AvgIpc) is 2.40. The number of ether oxygens (including phenoxy) is 1. The highest BCUT2D eigenvalue weighted by Crippen LogP contribution is 2.30. The monoisotopic (exact) mass is 352 g/mol. The highest BCUT2D eigenvalue weighted by Gasteiger charge is 2.13. The van der Waals surface area contributed by atoms with Crippen molar-refractivity contribution < 1.29 is 19.6 Å². The van der Waals surface area contributed by atoms with Crippen molar-refractivity contribution in [3.8, 4) is 11.6 Å². The summed E-state index contributed by atoms with van der Waals surface area (Å²) in [7, 11) is 0. The zero-order valence-corrected chi connectivity index (χ0v) is 12.3. The van der Waals surface area contributed by atoms with Gasteiger partial charge >= 0.3 is 5.97 Å². The van der Waals surface area contributed by atoms with Gasteiger partial charge < -0.3 is 9.84 Å². The zero-order chi connectivity index (χ0) is 15.6. The van der Waals surface area contributed by atoms with E-state index in [9.17, 15) is 14.9 Å². The van der Waals surface area contributed by atoms with Crippen LogP contribution in [0, 0.1) is 17.0 Å². The Kier molecular flexibility index (Phi) is 4.18. The molecule has 21 heavy (non-hydrogen) atoms. The van der Waals surface area contributed by atoms with Crippen molar-refractivity contribution in [3.05, 3.63) is 56.2 Å². The van der Waals surface area contributed by atoms with Gasteiger partial charge in [0.2, 0.25) is 5.88 Å². The lowest BCUT2D eigenvalue weighted by Crippen LogP contribution is -2.00. The van der Waals surface area contributed by atoms with Gasteiger partial charge in [-0.15, -0.1) is 0 Å². The number of hydrogen-bond acceptors (Lipinski definition) is 5. The van der Waals surface area contributed by atoms with Crippen LogP contribution in [0.5, 0.6) is 11.6 Å². The zero-order valence-electron chi connectivity index (χ0n) is 10.7. The van der Waals surface area contributed by atoms with Crippen molar-refractivity contribution in [2.45, 2.75) is 6.92 Å². The Balaban J connectivity index is 2.34. The number of aryl methyl sites for hydroxylation is 1. The van der Waals surface area contributed by atoms with Crippen molar-refractivity contribution >= 4 is 27.6 Å². The Labute approximate surface area is 127 Å². The molecule has 8 heteroatoms. The second kappa shape index (κ2) is 5.88. The molecule has 1 heterocycles. The number of carbonyl (C=O) groups is 1. The lowest BCUT2D eigenvalue weighted by molar-refractivity contribution is -0.385. The molecule has 7 nitrogen and oxygen atoms in total. The van der Waals surface area contributed by atoms with Crippen LogP contribution >= 0.6 is 15.9 Å². The van der Waals surface area contributed by atoms with E-state index in [1.54, 1.807) is 13.0 Å². The van der Waals surface area contributed by atoms with Crippen LogP contribution in [0.2, 0.25) is 0 Å². The SMILES string of the molecule is Cc1cc(C(=O)O)cnc1Oc1cc(Br)cc([N+](=O)[O-])c1. The maximum atomic E-state index is 10.8. The first-order valence-corrected chi connectivity index (χ1v) is 6.49. The normalized spacial score (nSPS) is 10.2. The van der Waals surface area contributed by atoms with Crippen molar-refractivity contribution in [1.82, 2.24) is 4.98 Å². The summed E-state index contributed by atoms with van der Waals surface area (Å²) < 4.78 is 5.97. The van der Waals surface area contributed by atoms with Gasteiger partial charge in [0.25, 0.3) is 5.69 Å². The highest BCUT2D eigenvalue weighted by molar-refractivity contribution is 9.10. The Hall–Kier alpha value is -2.48. The predicted molar refractivity (Wildman–Crippen MR) is 76.8 cm³/mol. The van der Waals surface area contributed by atoms with Crippen molar-refractivity contribution in [2.24, 2.45) is 0 Å². The van der Waals surface area contributed by atoms with Gasteiger partial charge in [0.1, 0.15) is 5.75 Å². The number of rotatable bonds is 4. The minimum Gasteiger partial charge on any atom is -0.478 e. The van der Waals surface area contributed by atoms with E-state index in [-0.39, 0.29) is 22.9 Å². The van der Waals surface area contributed by atoms with E-state index < -0.39 is 10.9 Å². The fourth-order valence-corrected chi connectivity index (χ4v) is 2.07. The quantitative estimate of drug-likeness (QED) is 0.666. The summed E-state index contributed by atoms with van der Waals surface area (Å²) in [5.74, 6) is -0.669. The van der Waals surface area contributed by atoms with Crippen LogP contribution in [0.3, 0.4) is 0 Å². The maximum absolute atomic E-state index is 10.8. The molecule has 0 fully saturated rings. The standard InChI is InChI=1S/C13H9BrN2O5/c1-7-2-8(13(17)18)6-15-12(7)21-11-4-9(14)3-10(5-11)16(19)20/h2-6H,1H3,(H,17,18). The molecular formula is C13H9BrN2O5. The molecule has 1 aromatic carbocycles. The number of halogens is 1. The van der Waals surface area contributed by atoms with E-state index in [1.807, 2.05) is 0 Å². The first kappa shape index (κ1) is 14.9. The van der Waals surface area contributed by atoms with Crippen LogP contribution in [0.4, 0.5) is 5.69 Å². The molecule has 0 amide bonds. The summed E-state index contributed by atoms with van der Waals surface area (Å²) in [6, 6.07) is 5.58. The van der Waals surface area contributed by atoms with E-state index in [0.29, 0.717) is 10.0 Å². The van der Waals surface area contributed by atoms with Gasteiger partial charge in [0.05, 0.1) is 16.6 Å². The number of carboxylic acid groups (broad SMARTS) is 1. The number of benzene rings is 1. The third-order valence-corrected chi connectivity index (χ3v) is 3.02. The van der Waals surface area contributed by atoms with Gasteiger partial charge in [-0.25, -0.2) is 9.78 Å². The van der Waals surface area contributed by atoms with Crippen LogP contribution in [0.15, 0.2) is 34.9 Å². The molecule has 0 saturated carbocycles. The highest BCUT2D eigenvalue weighted by atomic mass is 79.9. The number of nitrogens with zero attached hydrogens (tertiary/aromatic N) is 2. The smallest absolute Gasteiger partial charge is 0.337 e. The van der Waals surface area contributed by atoms with Crippen LogP contribution in [-0.4, -0.2) is 21.0 Å². The molecule has 0 aliphatic carbocycles. The number of nitro benzene ring substituents is 1. The topological polar surface area (TPSA) is 103 Å². The average molecular weight is 353 g/mol. The first-order chi connectivity index (χ1) is 9.86. The van der Waals surface area contributed by atoms with Crippen LogP contribution < -0.4 is 4.74 Å². The Morgan fingerprint density at radius 3 is 2.67 bits per heavy atom. The molecule has 1 aromatic heterocycles. The summed E-state index contributed by atoms with van der Waals surface area (Å²) >= 11 is 3.16. The lowest BCUT2D eigenvalue weighted by Gasteiger charge is -2.08. The summed E-state index contributed by atoms with van der Waals surface area (Å²) in [5, 5.41) is 19.7. The van der Waals surface area contributed by atoms with Crippen molar-refractivity contribution in [1.29, 1.82) is 0 Å². The minimum absolute atomic E-state index is 0.0417. The molecule has 0 aliphatic rings. The molecular weight excluding hydrogens is 344 g/mol. The molecule has 0 aliphatic heterocycles. The Morgan fingerprint density at radius 2 is 2.10 bits per heavy atom. The van der Waals surface area contributed by atoms with E-state index in [0.717, 1.165) is 6.20 Å². The number of nitro groups is 1. The summed E-state index contributed by atoms with van der Waals surface area (Å²) in [4.78, 5) is 25.0. The summed E-state index contributed by atoms with van der Waals surface area (Å²) in [5.41, 5.74) is 0.428. The first-order valence-electron chi connectivity index (χ1n) is 5.69. The van der Waals surface area contributed by atoms with Gasteiger partial charge in [-0.2, -0.15) is 0 Å². The molecule has 1 N–H and O–H groups in total. The molecule has 0 atom stereocenters. The molecule has 108 valence electrons. The third kappa shape index (κ3) is 3.54. The van der Waals surface area contributed by atoms with Gasteiger partial charge in [-0.1, -0.05) is 15.9 Å².